The summed E-state index contributed by atoms with van der Waals surface area (Å²) in [5.41, 5.74) is 1.75. The van der Waals surface area contributed by atoms with Crippen LogP contribution in [0.3, 0.4) is 0 Å². The van der Waals surface area contributed by atoms with Gasteiger partial charge in [-0.15, -0.1) is 5.10 Å². The molecule has 2 aromatic heterocycles. The summed E-state index contributed by atoms with van der Waals surface area (Å²) < 4.78 is 6.99. The van der Waals surface area contributed by atoms with Gasteiger partial charge in [-0.1, -0.05) is 11.3 Å². The lowest BCUT2D eigenvalue weighted by Gasteiger charge is -2.30. The number of ether oxygens (including phenoxy) is 1. The molecule has 3 heterocycles. The van der Waals surface area contributed by atoms with Crippen LogP contribution in [0.5, 0.6) is 5.75 Å². The molecule has 1 saturated heterocycles. The standard InChI is InChI=1S/C18H20N4O2S/c1-12-11-22-17(19-12)25-18(20-22)21-9-7-14(8-10-21)16(23)13-3-5-15(24-2)6-4-13/h3-6,11,14H,7-10H2,1-2H3. The minimum absolute atomic E-state index is 0.0796. The Hall–Kier alpha value is -2.41. The molecule has 0 amide bonds. The lowest BCUT2D eigenvalue weighted by atomic mass is 9.89. The predicted molar refractivity (Wildman–Crippen MR) is 97.9 cm³/mol. The van der Waals surface area contributed by atoms with Crippen molar-refractivity contribution in [2.75, 3.05) is 25.1 Å². The zero-order chi connectivity index (χ0) is 17.4. The molecule has 130 valence electrons. The van der Waals surface area contributed by atoms with Crippen molar-refractivity contribution in [3.63, 3.8) is 0 Å². The van der Waals surface area contributed by atoms with Gasteiger partial charge < -0.3 is 9.64 Å². The third-order valence-electron chi connectivity index (χ3n) is 4.66. The highest BCUT2D eigenvalue weighted by atomic mass is 32.1. The number of ketones is 1. The van der Waals surface area contributed by atoms with Crippen LogP contribution < -0.4 is 9.64 Å². The number of nitrogens with zero attached hydrogens (tertiary/aromatic N) is 4. The number of hydrogen-bond donors (Lipinski definition) is 0. The monoisotopic (exact) mass is 356 g/mol. The number of carbonyl (C=O) groups excluding carboxylic acids is 1. The van der Waals surface area contributed by atoms with Crippen molar-refractivity contribution in [3.05, 3.63) is 41.7 Å². The third kappa shape index (κ3) is 3.11. The van der Waals surface area contributed by atoms with Gasteiger partial charge >= 0.3 is 0 Å². The van der Waals surface area contributed by atoms with E-state index >= 15 is 0 Å². The summed E-state index contributed by atoms with van der Waals surface area (Å²) in [6.07, 6.45) is 3.65. The van der Waals surface area contributed by atoms with Gasteiger partial charge in [0.2, 0.25) is 10.1 Å². The van der Waals surface area contributed by atoms with Crippen LogP contribution in [0, 0.1) is 12.8 Å². The molecule has 4 rings (SSSR count). The number of piperidine rings is 1. The molecular weight excluding hydrogens is 336 g/mol. The summed E-state index contributed by atoms with van der Waals surface area (Å²) in [7, 11) is 1.63. The Labute approximate surface area is 150 Å². The summed E-state index contributed by atoms with van der Waals surface area (Å²) >= 11 is 1.60. The molecule has 0 spiro atoms. The first-order valence-corrected chi connectivity index (χ1v) is 9.22. The van der Waals surface area contributed by atoms with Crippen molar-refractivity contribution < 1.29 is 9.53 Å². The molecule has 0 aliphatic carbocycles. The van der Waals surface area contributed by atoms with Crippen LogP contribution in [0.25, 0.3) is 4.96 Å². The molecule has 0 N–H and O–H groups in total. The van der Waals surface area contributed by atoms with Gasteiger partial charge in [-0.3, -0.25) is 4.79 Å². The molecular formula is C18H20N4O2S. The van der Waals surface area contributed by atoms with Crippen LogP contribution in [-0.4, -0.2) is 40.6 Å². The number of aryl methyl sites for hydroxylation is 1. The fourth-order valence-electron chi connectivity index (χ4n) is 3.25. The number of rotatable bonds is 4. The number of carbonyl (C=O) groups is 1. The largest absolute Gasteiger partial charge is 0.497 e. The number of aromatic nitrogens is 3. The Morgan fingerprint density at radius 3 is 2.60 bits per heavy atom. The van der Waals surface area contributed by atoms with E-state index in [0.29, 0.717) is 0 Å². The average molecular weight is 356 g/mol. The fourth-order valence-corrected chi connectivity index (χ4v) is 4.23. The second-order valence-electron chi connectivity index (χ2n) is 6.35. The summed E-state index contributed by atoms with van der Waals surface area (Å²) in [6, 6.07) is 7.39. The van der Waals surface area contributed by atoms with Gasteiger partial charge in [-0.25, -0.2) is 9.50 Å². The van der Waals surface area contributed by atoms with Crippen LogP contribution in [-0.2, 0) is 0 Å². The Morgan fingerprint density at radius 1 is 1.24 bits per heavy atom. The molecule has 0 radical (unpaired) electrons. The van der Waals surface area contributed by atoms with E-state index in [0.717, 1.165) is 53.0 Å². The smallest absolute Gasteiger partial charge is 0.214 e. The van der Waals surface area contributed by atoms with Crippen molar-refractivity contribution >= 4 is 27.2 Å². The molecule has 7 heteroatoms. The van der Waals surface area contributed by atoms with Crippen molar-refractivity contribution in [3.8, 4) is 5.75 Å². The van der Waals surface area contributed by atoms with Gasteiger partial charge in [-0.05, 0) is 44.0 Å². The number of methoxy groups -OCH3 is 1. The van der Waals surface area contributed by atoms with Crippen molar-refractivity contribution in [1.29, 1.82) is 0 Å². The van der Waals surface area contributed by atoms with Crippen molar-refractivity contribution in [2.24, 2.45) is 5.92 Å². The molecule has 6 nitrogen and oxygen atoms in total. The topological polar surface area (TPSA) is 59.7 Å². The minimum atomic E-state index is 0.0796. The Balaban J connectivity index is 1.41. The number of anilines is 1. The van der Waals surface area contributed by atoms with Crippen molar-refractivity contribution in [1.82, 2.24) is 14.6 Å². The van der Waals surface area contributed by atoms with Gasteiger partial charge in [0.05, 0.1) is 19.0 Å². The highest BCUT2D eigenvalue weighted by Gasteiger charge is 2.27. The zero-order valence-electron chi connectivity index (χ0n) is 14.3. The maximum atomic E-state index is 12.7. The fraction of sp³-hybridized carbons (Fsp3) is 0.389. The number of benzene rings is 1. The van der Waals surface area contributed by atoms with E-state index in [4.69, 9.17) is 4.74 Å². The van der Waals surface area contributed by atoms with E-state index in [1.807, 2.05) is 41.9 Å². The number of hydrogen-bond acceptors (Lipinski definition) is 6. The zero-order valence-corrected chi connectivity index (χ0v) is 15.1. The van der Waals surface area contributed by atoms with Gasteiger partial charge in [-0.2, -0.15) is 0 Å². The lowest BCUT2D eigenvalue weighted by Crippen LogP contribution is -2.36. The van der Waals surface area contributed by atoms with Crippen LogP contribution in [0.2, 0.25) is 0 Å². The molecule has 0 bridgehead atoms. The molecule has 1 aliphatic heterocycles. The van der Waals surface area contributed by atoms with E-state index in [-0.39, 0.29) is 11.7 Å². The molecule has 0 saturated carbocycles. The molecule has 0 unspecified atom stereocenters. The average Bonchev–Trinajstić information content (AvgIpc) is 3.19. The summed E-state index contributed by atoms with van der Waals surface area (Å²) in [5.74, 6) is 1.08. The van der Waals surface area contributed by atoms with E-state index < -0.39 is 0 Å². The highest BCUT2D eigenvalue weighted by Crippen LogP contribution is 2.29. The highest BCUT2D eigenvalue weighted by molar-refractivity contribution is 7.20. The minimum Gasteiger partial charge on any atom is -0.497 e. The van der Waals surface area contributed by atoms with E-state index in [1.165, 1.54) is 0 Å². The number of fused-ring (bicyclic) bond motifs is 1. The SMILES string of the molecule is COc1ccc(C(=O)C2CCN(c3nn4cc(C)nc4s3)CC2)cc1. The molecule has 1 fully saturated rings. The second-order valence-corrected chi connectivity index (χ2v) is 7.28. The first-order valence-electron chi connectivity index (χ1n) is 8.40. The maximum Gasteiger partial charge on any atom is 0.214 e. The Kier molecular flexibility index (Phi) is 4.17. The molecule has 0 atom stereocenters. The first-order chi connectivity index (χ1) is 12.1. The maximum absolute atomic E-state index is 12.7. The third-order valence-corrected chi connectivity index (χ3v) is 5.65. The number of imidazole rings is 1. The van der Waals surface area contributed by atoms with Crippen molar-refractivity contribution in [2.45, 2.75) is 19.8 Å². The Bertz CT molecular complexity index is 860. The predicted octanol–water partition coefficient (Wildman–Crippen LogP) is 3.21. The lowest BCUT2D eigenvalue weighted by molar-refractivity contribution is 0.0900. The van der Waals surface area contributed by atoms with Crippen LogP contribution >= 0.6 is 11.3 Å². The molecule has 1 aromatic carbocycles. The summed E-state index contributed by atoms with van der Waals surface area (Å²) in [4.78, 5) is 20.3. The Morgan fingerprint density at radius 2 is 1.96 bits per heavy atom. The molecule has 1 aliphatic rings. The van der Waals surface area contributed by atoms with Gasteiger partial charge in [0.25, 0.3) is 0 Å². The normalized spacial score (nSPS) is 15.7. The van der Waals surface area contributed by atoms with Crippen LogP contribution in [0.4, 0.5) is 5.13 Å². The summed E-state index contributed by atoms with van der Waals surface area (Å²) in [5, 5.41) is 5.59. The van der Waals surface area contributed by atoms with Gasteiger partial charge in [0.1, 0.15) is 5.75 Å². The van der Waals surface area contributed by atoms with Gasteiger partial charge in [0, 0.05) is 24.6 Å². The summed E-state index contributed by atoms with van der Waals surface area (Å²) in [6.45, 7) is 3.67. The molecule has 3 aromatic rings. The quantitative estimate of drug-likeness (QED) is 0.672. The van der Waals surface area contributed by atoms with Crippen LogP contribution in [0.1, 0.15) is 28.9 Å². The first kappa shape index (κ1) is 16.1. The van der Waals surface area contributed by atoms with E-state index in [9.17, 15) is 4.79 Å². The van der Waals surface area contributed by atoms with E-state index in [1.54, 1.807) is 18.4 Å². The van der Waals surface area contributed by atoms with Crippen LogP contribution in [0.15, 0.2) is 30.5 Å². The molecule has 25 heavy (non-hydrogen) atoms. The van der Waals surface area contributed by atoms with E-state index in [2.05, 4.69) is 15.0 Å². The second kappa shape index (κ2) is 6.48. The van der Waals surface area contributed by atoms with Gasteiger partial charge in [0.15, 0.2) is 5.78 Å². The number of Topliss-reactive ketones (excluding diaryl/α,β-unsaturated/α-hetero) is 1.